The lowest BCUT2D eigenvalue weighted by atomic mass is 10.2. The van der Waals surface area contributed by atoms with Gasteiger partial charge in [-0.1, -0.05) is 6.07 Å². The molecule has 0 aliphatic rings. The highest BCUT2D eigenvalue weighted by Gasteiger charge is 2.16. The molecule has 130 valence electrons. The molecule has 1 aromatic carbocycles. The number of thioether (sulfide) groups is 1. The number of methoxy groups -OCH3 is 2. The molecular weight excluding hydrogens is 326 g/mol. The Labute approximate surface area is 146 Å². The molecule has 1 amide bonds. The normalized spacial score (nSPS) is 11.9. The van der Waals surface area contributed by atoms with Crippen molar-refractivity contribution in [2.75, 3.05) is 25.8 Å². The Hall–Kier alpha value is -2.15. The first kappa shape index (κ1) is 18.2. The van der Waals surface area contributed by atoms with E-state index in [0.717, 1.165) is 16.9 Å². The van der Waals surface area contributed by atoms with Gasteiger partial charge in [-0.3, -0.25) is 4.79 Å². The molecule has 0 aliphatic carbocycles. The largest absolute Gasteiger partial charge is 0.493 e. The molecule has 0 saturated carbocycles. The van der Waals surface area contributed by atoms with E-state index in [1.54, 1.807) is 25.1 Å². The van der Waals surface area contributed by atoms with Gasteiger partial charge >= 0.3 is 0 Å². The summed E-state index contributed by atoms with van der Waals surface area (Å²) in [7, 11) is 3.21. The number of rotatable bonds is 7. The van der Waals surface area contributed by atoms with Crippen LogP contribution in [0.3, 0.4) is 0 Å². The first-order chi connectivity index (χ1) is 11.5. The predicted molar refractivity (Wildman–Crippen MR) is 97.2 cm³/mol. The van der Waals surface area contributed by atoms with Crippen molar-refractivity contribution in [1.82, 2.24) is 9.78 Å². The summed E-state index contributed by atoms with van der Waals surface area (Å²) >= 11 is 1.51. The molecular formula is C17H23N3O3S. The molecule has 2 aromatic rings. The van der Waals surface area contributed by atoms with Gasteiger partial charge in [0.2, 0.25) is 5.91 Å². The summed E-state index contributed by atoms with van der Waals surface area (Å²) in [5, 5.41) is 7.22. The molecule has 1 N–H and O–H groups in total. The number of nitrogens with zero attached hydrogens (tertiary/aromatic N) is 2. The number of anilines is 1. The summed E-state index contributed by atoms with van der Waals surface area (Å²) in [6.07, 6.45) is 3.66. The Morgan fingerprint density at radius 2 is 2.04 bits per heavy atom. The molecule has 0 radical (unpaired) electrons. The number of benzene rings is 1. The van der Waals surface area contributed by atoms with Crippen molar-refractivity contribution < 1.29 is 14.3 Å². The standard InChI is InChI=1S/C17H23N3O3S/c1-11-9-18-20(16(11)19-17(21)12(2)24-5)10-13-6-7-14(22-3)15(8-13)23-4/h6-9,12H,10H2,1-5H3,(H,19,21). The second-order valence-corrected chi connectivity index (χ2v) is 6.57. The smallest absolute Gasteiger partial charge is 0.238 e. The highest BCUT2D eigenvalue weighted by atomic mass is 32.2. The molecule has 1 atom stereocenters. The maximum absolute atomic E-state index is 12.2. The third-order valence-electron chi connectivity index (χ3n) is 3.77. The second kappa shape index (κ2) is 8.10. The number of aromatic nitrogens is 2. The van der Waals surface area contributed by atoms with Gasteiger partial charge in [0.15, 0.2) is 11.5 Å². The van der Waals surface area contributed by atoms with Gasteiger partial charge in [0, 0.05) is 5.56 Å². The first-order valence-electron chi connectivity index (χ1n) is 7.57. The molecule has 0 bridgehead atoms. The van der Waals surface area contributed by atoms with Crippen LogP contribution in [-0.2, 0) is 11.3 Å². The number of hydrogen-bond donors (Lipinski definition) is 1. The van der Waals surface area contributed by atoms with Crippen LogP contribution in [0.15, 0.2) is 24.4 Å². The molecule has 0 saturated heterocycles. The van der Waals surface area contributed by atoms with Crippen LogP contribution in [0.2, 0.25) is 0 Å². The SMILES string of the molecule is COc1ccc(Cn2ncc(C)c2NC(=O)C(C)SC)cc1OC. The van der Waals surface area contributed by atoms with Gasteiger partial charge in [0.05, 0.1) is 32.2 Å². The summed E-state index contributed by atoms with van der Waals surface area (Å²) in [4.78, 5) is 12.2. The first-order valence-corrected chi connectivity index (χ1v) is 8.86. The molecule has 6 nitrogen and oxygen atoms in total. The maximum Gasteiger partial charge on any atom is 0.238 e. The Morgan fingerprint density at radius 3 is 2.67 bits per heavy atom. The van der Waals surface area contributed by atoms with Crippen LogP contribution < -0.4 is 14.8 Å². The average molecular weight is 349 g/mol. The van der Waals surface area contributed by atoms with Crippen molar-refractivity contribution in [3.63, 3.8) is 0 Å². The lowest BCUT2D eigenvalue weighted by molar-refractivity contribution is -0.115. The Balaban J connectivity index is 2.23. The minimum Gasteiger partial charge on any atom is -0.493 e. The van der Waals surface area contributed by atoms with E-state index >= 15 is 0 Å². The van der Waals surface area contributed by atoms with Gasteiger partial charge < -0.3 is 14.8 Å². The van der Waals surface area contributed by atoms with E-state index in [-0.39, 0.29) is 11.2 Å². The summed E-state index contributed by atoms with van der Waals surface area (Å²) in [5.74, 6) is 2.04. The van der Waals surface area contributed by atoms with Gasteiger partial charge in [-0.05, 0) is 37.8 Å². The van der Waals surface area contributed by atoms with E-state index in [4.69, 9.17) is 9.47 Å². The zero-order valence-electron chi connectivity index (χ0n) is 14.6. The number of ether oxygens (including phenoxy) is 2. The Bertz CT molecular complexity index is 715. The van der Waals surface area contributed by atoms with Gasteiger partial charge in [0.25, 0.3) is 0 Å². The van der Waals surface area contributed by atoms with Gasteiger partial charge in [-0.15, -0.1) is 0 Å². The van der Waals surface area contributed by atoms with Crippen LogP contribution in [0.1, 0.15) is 18.1 Å². The fourth-order valence-electron chi connectivity index (χ4n) is 2.24. The number of aryl methyl sites for hydroxylation is 1. The number of amides is 1. The summed E-state index contributed by atoms with van der Waals surface area (Å²) in [6, 6.07) is 5.72. The number of carbonyl (C=O) groups is 1. The van der Waals surface area contributed by atoms with Crippen molar-refractivity contribution in [1.29, 1.82) is 0 Å². The number of carbonyl (C=O) groups excluding carboxylic acids is 1. The summed E-state index contributed by atoms with van der Waals surface area (Å²) in [5.41, 5.74) is 1.93. The van der Waals surface area contributed by atoms with Crippen LogP contribution in [0, 0.1) is 6.92 Å². The molecule has 1 heterocycles. The minimum atomic E-state index is -0.117. The van der Waals surface area contributed by atoms with Gasteiger partial charge in [-0.25, -0.2) is 4.68 Å². The molecule has 1 unspecified atom stereocenters. The van der Waals surface area contributed by atoms with Crippen LogP contribution in [0.4, 0.5) is 5.82 Å². The zero-order valence-corrected chi connectivity index (χ0v) is 15.4. The third-order valence-corrected chi connectivity index (χ3v) is 4.69. The highest BCUT2D eigenvalue weighted by molar-refractivity contribution is 7.99. The van der Waals surface area contributed by atoms with Crippen LogP contribution >= 0.6 is 11.8 Å². The topological polar surface area (TPSA) is 65.4 Å². The molecule has 1 aromatic heterocycles. The maximum atomic E-state index is 12.2. The van der Waals surface area contributed by atoms with E-state index < -0.39 is 0 Å². The molecule has 7 heteroatoms. The minimum absolute atomic E-state index is 0.0281. The van der Waals surface area contributed by atoms with Crippen molar-refractivity contribution >= 4 is 23.5 Å². The van der Waals surface area contributed by atoms with Gasteiger partial charge in [0.1, 0.15) is 5.82 Å². The van der Waals surface area contributed by atoms with Crippen molar-refractivity contribution in [3.8, 4) is 11.5 Å². The Kier molecular flexibility index (Phi) is 6.14. The van der Waals surface area contributed by atoms with E-state index in [0.29, 0.717) is 18.0 Å². The van der Waals surface area contributed by atoms with E-state index in [1.165, 1.54) is 11.8 Å². The lowest BCUT2D eigenvalue weighted by Gasteiger charge is -2.14. The van der Waals surface area contributed by atoms with E-state index in [2.05, 4.69) is 10.4 Å². The van der Waals surface area contributed by atoms with E-state index in [9.17, 15) is 4.79 Å². The Morgan fingerprint density at radius 1 is 1.33 bits per heavy atom. The summed E-state index contributed by atoms with van der Waals surface area (Å²) < 4.78 is 12.4. The van der Waals surface area contributed by atoms with Gasteiger partial charge in [-0.2, -0.15) is 16.9 Å². The third kappa shape index (κ3) is 4.03. The second-order valence-electron chi connectivity index (χ2n) is 5.39. The fourth-order valence-corrected chi connectivity index (χ4v) is 2.51. The molecule has 0 spiro atoms. The molecule has 0 fully saturated rings. The monoisotopic (exact) mass is 349 g/mol. The van der Waals surface area contributed by atoms with Crippen LogP contribution in [0.25, 0.3) is 0 Å². The van der Waals surface area contributed by atoms with Crippen molar-refractivity contribution in [2.45, 2.75) is 25.6 Å². The fraction of sp³-hybridized carbons (Fsp3) is 0.412. The lowest BCUT2D eigenvalue weighted by Crippen LogP contribution is -2.24. The van der Waals surface area contributed by atoms with Crippen LogP contribution in [0.5, 0.6) is 11.5 Å². The van der Waals surface area contributed by atoms with Crippen molar-refractivity contribution in [3.05, 3.63) is 35.5 Å². The quantitative estimate of drug-likeness (QED) is 0.832. The number of hydrogen-bond acceptors (Lipinski definition) is 5. The average Bonchev–Trinajstić information content (AvgIpc) is 2.93. The zero-order chi connectivity index (χ0) is 17.7. The summed E-state index contributed by atoms with van der Waals surface area (Å²) in [6.45, 7) is 4.33. The number of nitrogens with one attached hydrogen (secondary N) is 1. The molecule has 0 aliphatic heterocycles. The molecule has 2 rings (SSSR count). The highest BCUT2D eigenvalue weighted by Crippen LogP contribution is 2.28. The van der Waals surface area contributed by atoms with Crippen LogP contribution in [-0.4, -0.2) is 41.4 Å². The molecule has 24 heavy (non-hydrogen) atoms. The van der Waals surface area contributed by atoms with Crippen molar-refractivity contribution in [2.24, 2.45) is 0 Å². The predicted octanol–water partition coefficient (Wildman–Crippen LogP) is 2.95. The van der Waals surface area contributed by atoms with E-state index in [1.807, 2.05) is 38.3 Å².